The first-order valence-corrected chi connectivity index (χ1v) is 5.77. The summed E-state index contributed by atoms with van der Waals surface area (Å²) < 4.78 is 0. The highest BCUT2D eigenvalue weighted by Gasteiger charge is 2.16. The largest absolute Gasteiger partial charge is 0.355 e. The predicted molar refractivity (Wildman–Crippen MR) is 58.6 cm³/mol. The number of likely N-dealkylation sites (tertiary alicyclic amines) is 1. The number of halogens is 1. The summed E-state index contributed by atoms with van der Waals surface area (Å²) in [5, 5.41) is 2.81. The Morgan fingerprint density at radius 2 is 2.43 bits per heavy atom. The van der Waals surface area contributed by atoms with E-state index in [4.69, 9.17) is 11.6 Å². The van der Waals surface area contributed by atoms with Gasteiger partial charge in [0.05, 0.1) is 0 Å². The quantitative estimate of drug-likeness (QED) is 0.717. The van der Waals surface area contributed by atoms with Gasteiger partial charge in [-0.3, -0.25) is 4.79 Å². The number of rotatable bonds is 4. The molecule has 1 N–H and O–H groups in total. The minimum atomic E-state index is -0.0594. The van der Waals surface area contributed by atoms with E-state index in [-0.39, 0.29) is 11.8 Å². The molecule has 4 heteroatoms. The number of carbonyl (C=O) groups is 1. The van der Waals surface area contributed by atoms with Crippen molar-refractivity contribution in [2.45, 2.75) is 19.3 Å². The van der Waals surface area contributed by atoms with Gasteiger partial charge in [0.25, 0.3) is 0 Å². The normalized spacial score (nSPS) is 23.4. The third-order valence-electron chi connectivity index (χ3n) is 2.72. The van der Waals surface area contributed by atoms with E-state index in [1.54, 1.807) is 0 Å². The van der Waals surface area contributed by atoms with Crippen molar-refractivity contribution < 1.29 is 4.79 Å². The molecule has 82 valence electrons. The van der Waals surface area contributed by atoms with Crippen molar-refractivity contribution in [2.75, 3.05) is 32.6 Å². The van der Waals surface area contributed by atoms with Crippen molar-refractivity contribution >= 4 is 17.5 Å². The number of amides is 1. The van der Waals surface area contributed by atoms with E-state index >= 15 is 0 Å². The van der Waals surface area contributed by atoms with E-state index in [0.717, 1.165) is 25.4 Å². The molecule has 0 aromatic heterocycles. The van der Waals surface area contributed by atoms with Crippen LogP contribution in [-0.4, -0.2) is 43.4 Å². The van der Waals surface area contributed by atoms with E-state index in [1.165, 1.54) is 19.4 Å². The average molecular weight is 219 g/mol. The molecule has 14 heavy (non-hydrogen) atoms. The van der Waals surface area contributed by atoms with E-state index < -0.39 is 0 Å². The lowest BCUT2D eigenvalue weighted by atomic mass is 9.95. The lowest BCUT2D eigenvalue weighted by molar-refractivity contribution is -0.118. The molecule has 1 saturated heterocycles. The zero-order valence-electron chi connectivity index (χ0n) is 8.76. The topological polar surface area (TPSA) is 32.3 Å². The van der Waals surface area contributed by atoms with E-state index in [9.17, 15) is 4.79 Å². The van der Waals surface area contributed by atoms with Crippen LogP contribution in [0, 0.1) is 5.92 Å². The maximum atomic E-state index is 10.9. The van der Waals surface area contributed by atoms with Crippen molar-refractivity contribution in [1.29, 1.82) is 0 Å². The number of piperidine rings is 1. The molecule has 0 radical (unpaired) electrons. The Labute approximate surface area is 90.8 Å². The van der Waals surface area contributed by atoms with Gasteiger partial charge < -0.3 is 10.2 Å². The summed E-state index contributed by atoms with van der Waals surface area (Å²) >= 11 is 5.38. The molecule has 1 aliphatic heterocycles. The molecule has 3 nitrogen and oxygen atoms in total. The minimum Gasteiger partial charge on any atom is -0.355 e. The molecule has 1 fully saturated rings. The van der Waals surface area contributed by atoms with Gasteiger partial charge in [0, 0.05) is 13.1 Å². The molecule has 0 saturated carbocycles. The van der Waals surface area contributed by atoms with Gasteiger partial charge in [0.1, 0.15) is 5.88 Å². The lowest BCUT2D eigenvalue weighted by Crippen LogP contribution is -2.34. The van der Waals surface area contributed by atoms with Gasteiger partial charge in [0.2, 0.25) is 5.91 Å². The Kier molecular flexibility index (Phi) is 5.26. The SMILES string of the molecule is CN1CCCC(CCNC(=O)CCl)C1. The van der Waals surface area contributed by atoms with Crippen LogP contribution in [0.5, 0.6) is 0 Å². The summed E-state index contributed by atoms with van der Waals surface area (Å²) in [5.74, 6) is 0.755. The second-order valence-electron chi connectivity index (χ2n) is 4.04. The number of carbonyl (C=O) groups excluding carboxylic acids is 1. The summed E-state index contributed by atoms with van der Waals surface area (Å²) in [5.41, 5.74) is 0. The number of nitrogens with one attached hydrogen (secondary N) is 1. The van der Waals surface area contributed by atoms with E-state index in [0.29, 0.717) is 0 Å². The van der Waals surface area contributed by atoms with Gasteiger partial charge in [0.15, 0.2) is 0 Å². The Morgan fingerprint density at radius 3 is 3.07 bits per heavy atom. The van der Waals surface area contributed by atoms with Crippen molar-refractivity contribution in [3.8, 4) is 0 Å². The molecule has 0 aromatic rings. The van der Waals surface area contributed by atoms with Gasteiger partial charge in [-0.2, -0.15) is 0 Å². The van der Waals surface area contributed by atoms with Crippen molar-refractivity contribution in [3.05, 3.63) is 0 Å². The summed E-state index contributed by atoms with van der Waals surface area (Å²) in [6.07, 6.45) is 3.65. The van der Waals surface area contributed by atoms with Crippen molar-refractivity contribution in [1.82, 2.24) is 10.2 Å². The molecule has 0 spiro atoms. The highest BCUT2D eigenvalue weighted by Crippen LogP contribution is 2.17. The number of alkyl halides is 1. The first-order valence-electron chi connectivity index (χ1n) is 5.23. The zero-order valence-corrected chi connectivity index (χ0v) is 9.52. The minimum absolute atomic E-state index is 0.0594. The molecule has 1 amide bonds. The lowest BCUT2D eigenvalue weighted by Gasteiger charge is -2.29. The second kappa shape index (κ2) is 6.25. The van der Waals surface area contributed by atoms with Crippen LogP contribution in [0.3, 0.4) is 0 Å². The third-order valence-corrected chi connectivity index (χ3v) is 2.96. The number of hydrogen-bond acceptors (Lipinski definition) is 2. The standard InChI is InChI=1S/C10H19ClN2O/c1-13-6-2-3-9(8-13)4-5-12-10(14)7-11/h9H,2-8H2,1H3,(H,12,14). The Hall–Kier alpha value is -0.280. The summed E-state index contributed by atoms with van der Waals surface area (Å²) in [6.45, 7) is 3.14. The molecule has 0 aliphatic carbocycles. The van der Waals surface area contributed by atoms with E-state index in [2.05, 4.69) is 17.3 Å². The summed E-state index contributed by atoms with van der Waals surface area (Å²) in [4.78, 5) is 13.2. The molecule has 1 unspecified atom stereocenters. The highest BCUT2D eigenvalue weighted by atomic mass is 35.5. The molecule has 0 bridgehead atoms. The van der Waals surface area contributed by atoms with Crippen molar-refractivity contribution in [2.24, 2.45) is 5.92 Å². The number of hydrogen-bond donors (Lipinski definition) is 1. The Balaban J connectivity index is 2.08. The molecular weight excluding hydrogens is 200 g/mol. The summed E-state index contributed by atoms with van der Waals surface area (Å²) in [7, 11) is 2.16. The number of nitrogens with zero attached hydrogens (tertiary/aromatic N) is 1. The van der Waals surface area contributed by atoms with Crippen LogP contribution in [0.2, 0.25) is 0 Å². The maximum Gasteiger partial charge on any atom is 0.234 e. The van der Waals surface area contributed by atoms with Crippen LogP contribution in [0.15, 0.2) is 0 Å². The van der Waals surface area contributed by atoms with Gasteiger partial charge in [-0.25, -0.2) is 0 Å². The van der Waals surface area contributed by atoms with Crippen LogP contribution in [0.1, 0.15) is 19.3 Å². The Bertz CT molecular complexity index is 187. The van der Waals surface area contributed by atoms with Gasteiger partial charge >= 0.3 is 0 Å². The average Bonchev–Trinajstić information content (AvgIpc) is 2.17. The monoisotopic (exact) mass is 218 g/mol. The predicted octanol–water partition coefficient (Wildman–Crippen LogP) is 1.07. The van der Waals surface area contributed by atoms with Crippen LogP contribution >= 0.6 is 11.6 Å². The fourth-order valence-electron chi connectivity index (χ4n) is 1.97. The maximum absolute atomic E-state index is 10.9. The van der Waals surface area contributed by atoms with Gasteiger partial charge in [-0.05, 0) is 38.8 Å². The molecule has 1 rings (SSSR count). The molecule has 1 atom stereocenters. The highest BCUT2D eigenvalue weighted by molar-refractivity contribution is 6.27. The first kappa shape index (κ1) is 11.8. The van der Waals surface area contributed by atoms with Gasteiger partial charge in [-0.1, -0.05) is 0 Å². The first-order chi connectivity index (χ1) is 6.72. The summed E-state index contributed by atoms with van der Waals surface area (Å²) in [6, 6.07) is 0. The Morgan fingerprint density at radius 1 is 1.64 bits per heavy atom. The van der Waals surface area contributed by atoms with Crippen LogP contribution < -0.4 is 5.32 Å². The van der Waals surface area contributed by atoms with Crippen LogP contribution in [-0.2, 0) is 4.79 Å². The van der Waals surface area contributed by atoms with Crippen LogP contribution in [0.25, 0.3) is 0 Å². The fourth-order valence-corrected chi connectivity index (χ4v) is 2.07. The van der Waals surface area contributed by atoms with E-state index in [1.807, 2.05) is 0 Å². The molecule has 1 aliphatic rings. The van der Waals surface area contributed by atoms with Crippen LogP contribution in [0.4, 0.5) is 0 Å². The molecule has 1 heterocycles. The fraction of sp³-hybridized carbons (Fsp3) is 0.900. The zero-order chi connectivity index (χ0) is 10.4. The molecule has 0 aromatic carbocycles. The second-order valence-corrected chi connectivity index (χ2v) is 4.31. The third kappa shape index (κ3) is 4.29. The van der Waals surface area contributed by atoms with Crippen molar-refractivity contribution in [3.63, 3.8) is 0 Å². The molecular formula is C10H19ClN2O. The van der Waals surface area contributed by atoms with Gasteiger partial charge in [-0.15, -0.1) is 11.6 Å². The smallest absolute Gasteiger partial charge is 0.234 e.